The van der Waals surface area contributed by atoms with E-state index >= 15 is 0 Å². The van der Waals surface area contributed by atoms with Gasteiger partial charge in [0.05, 0.1) is 14.2 Å². The van der Waals surface area contributed by atoms with Gasteiger partial charge in [0, 0.05) is 11.1 Å². The van der Waals surface area contributed by atoms with Crippen LogP contribution in [0.15, 0.2) is 16.6 Å². The van der Waals surface area contributed by atoms with Gasteiger partial charge in [-0.15, -0.1) is 0 Å². The van der Waals surface area contributed by atoms with Crippen molar-refractivity contribution in [3.63, 3.8) is 0 Å². The van der Waals surface area contributed by atoms with Crippen molar-refractivity contribution in [3.8, 4) is 11.5 Å². The maximum atomic E-state index is 5.72. The molecule has 1 N–H and O–H groups in total. The zero-order valence-corrected chi connectivity index (χ0v) is 15.0. The van der Waals surface area contributed by atoms with Crippen molar-refractivity contribution in [2.75, 3.05) is 20.8 Å². The van der Waals surface area contributed by atoms with Crippen molar-refractivity contribution in [2.45, 2.75) is 45.1 Å². The summed E-state index contributed by atoms with van der Waals surface area (Å²) >= 11 is 3.63. The molecule has 21 heavy (non-hydrogen) atoms. The van der Waals surface area contributed by atoms with Crippen LogP contribution in [-0.2, 0) is 5.54 Å². The molecule has 0 amide bonds. The second-order valence-corrected chi connectivity index (χ2v) is 6.82. The molecule has 0 bridgehead atoms. The molecule has 1 heterocycles. The molecule has 0 spiro atoms. The van der Waals surface area contributed by atoms with Gasteiger partial charge in [-0.05, 0) is 53.4 Å². The Bertz CT molecular complexity index is 480. The summed E-state index contributed by atoms with van der Waals surface area (Å²) in [6, 6.07) is 4.18. The molecule has 118 valence electrons. The van der Waals surface area contributed by atoms with E-state index in [0.29, 0.717) is 5.92 Å². The number of hydrogen-bond acceptors (Lipinski definition) is 3. The molecule has 4 heteroatoms. The van der Waals surface area contributed by atoms with Gasteiger partial charge in [-0.3, -0.25) is 0 Å². The first kappa shape index (κ1) is 16.6. The monoisotopic (exact) mass is 355 g/mol. The van der Waals surface area contributed by atoms with E-state index in [-0.39, 0.29) is 5.54 Å². The molecule has 1 aromatic carbocycles. The molecular formula is C17H26BrNO2. The zero-order chi connectivity index (χ0) is 15.5. The SMILES string of the molecule is COc1ccc(C2(C(C)C)CCCCCN2)c(OC)c1Br. The van der Waals surface area contributed by atoms with Crippen LogP contribution in [0.4, 0.5) is 0 Å². The number of benzene rings is 1. The normalized spacial score (nSPS) is 23.0. The Labute approximate surface area is 136 Å². The van der Waals surface area contributed by atoms with Crippen molar-refractivity contribution in [3.05, 3.63) is 22.2 Å². The lowest BCUT2D eigenvalue weighted by Gasteiger charge is -2.39. The van der Waals surface area contributed by atoms with Gasteiger partial charge in [-0.25, -0.2) is 0 Å². The van der Waals surface area contributed by atoms with E-state index in [1.807, 2.05) is 6.07 Å². The van der Waals surface area contributed by atoms with Crippen molar-refractivity contribution in [1.29, 1.82) is 0 Å². The van der Waals surface area contributed by atoms with Gasteiger partial charge in [0.2, 0.25) is 0 Å². The fraction of sp³-hybridized carbons (Fsp3) is 0.647. The lowest BCUT2D eigenvalue weighted by molar-refractivity contribution is 0.221. The predicted molar refractivity (Wildman–Crippen MR) is 90.2 cm³/mol. The Morgan fingerprint density at radius 3 is 2.52 bits per heavy atom. The average molecular weight is 356 g/mol. The van der Waals surface area contributed by atoms with Crippen LogP contribution < -0.4 is 14.8 Å². The van der Waals surface area contributed by atoms with Gasteiger partial charge in [-0.2, -0.15) is 0 Å². The number of hydrogen-bond donors (Lipinski definition) is 1. The van der Waals surface area contributed by atoms with E-state index < -0.39 is 0 Å². The molecule has 1 unspecified atom stereocenters. The molecule has 1 saturated heterocycles. The van der Waals surface area contributed by atoms with Gasteiger partial charge in [0.15, 0.2) is 0 Å². The molecule has 2 rings (SSSR count). The standard InChI is InChI=1S/C17H26BrNO2/c1-12(2)17(10-6-5-7-11-19-17)13-8-9-14(20-3)15(18)16(13)21-4/h8-9,12,19H,5-7,10-11H2,1-4H3. The highest BCUT2D eigenvalue weighted by Crippen LogP contribution is 2.46. The Balaban J connectivity index is 2.57. The molecule has 0 aromatic heterocycles. The van der Waals surface area contributed by atoms with E-state index in [2.05, 4.69) is 41.2 Å². The zero-order valence-electron chi connectivity index (χ0n) is 13.5. The van der Waals surface area contributed by atoms with Gasteiger partial charge in [0.1, 0.15) is 16.0 Å². The highest BCUT2D eigenvalue weighted by molar-refractivity contribution is 9.10. The fourth-order valence-corrected chi connectivity index (χ4v) is 4.06. The van der Waals surface area contributed by atoms with E-state index in [4.69, 9.17) is 9.47 Å². The minimum absolute atomic E-state index is 0.0311. The van der Waals surface area contributed by atoms with Crippen LogP contribution in [0, 0.1) is 5.92 Å². The smallest absolute Gasteiger partial charge is 0.141 e. The Morgan fingerprint density at radius 2 is 1.90 bits per heavy atom. The second kappa shape index (κ2) is 7.01. The maximum Gasteiger partial charge on any atom is 0.141 e. The van der Waals surface area contributed by atoms with E-state index in [1.165, 1.54) is 24.8 Å². The number of nitrogens with one attached hydrogen (secondary N) is 1. The van der Waals surface area contributed by atoms with Crippen LogP contribution in [-0.4, -0.2) is 20.8 Å². The lowest BCUT2D eigenvalue weighted by atomic mass is 9.76. The molecule has 0 radical (unpaired) electrons. The van der Waals surface area contributed by atoms with E-state index in [9.17, 15) is 0 Å². The molecule has 1 atom stereocenters. The van der Waals surface area contributed by atoms with Crippen molar-refractivity contribution >= 4 is 15.9 Å². The van der Waals surface area contributed by atoms with Crippen LogP contribution in [0.3, 0.4) is 0 Å². The molecule has 1 aliphatic rings. The number of methoxy groups -OCH3 is 2. The molecule has 3 nitrogen and oxygen atoms in total. The first-order valence-corrected chi connectivity index (χ1v) is 8.52. The number of ether oxygens (including phenoxy) is 2. The summed E-state index contributed by atoms with van der Waals surface area (Å²) in [6.07, 6.45) is 4.92. The summed E-state index contributed by atoms with van der Waals surface area (Å²) in [5.41, 5.74) is 1.20. The van der Waals surface area contributed by atoms with Gasteiger partial charge >= 0.3 is 0 Å². The Hall–Kier alpha value is -0.740. The molecule has 0 saturated carbocycles. The van der Waals surface area contributed by atoms with Crippen LogP contribution in [0.25, 0.3) is 0 Å². The third kappa shape index (κ3) is 3.07. The van der Waals surface area contributed by atoms with E-state index in [0.717, 1.165) is 28.9 Å². The first-order valence-electron chi connectivity index (χ1n) is 7.72. The molecule has 0 aliphatic carbocycles. The third-order valence-corrected chi connectivity index (χ3v) is 5.39. The summed E-state index contributed by atoms with van der Waals surface area (Å²) < 4.78 is 12.0. The third-order valence-electron chi connectivity index (χ3n) is 4.64. The van der Waals surface area contributed by atoms with Crippen LogP contribution in [0.5, 0.6) is 11.5 Å². The van der Waals surface area contributed by atoms with Crippen molar-refractivity contribution < 1.29 is 9.47 Å². The average Bonchev–Trinajstić information content (AvgIpc) is 2.73. The van der Waals surface area contributed by atoms with Crippen LogP contribution >= 0.6 is 15.9 Å². The second-order valence-electron chi connectivity index (χ2n) is 6.03. The van der Waals surface area contributed by atoms with Crippen LogP contribution in [0.1, 0.15) is 45.1 Å². The maximum absolute atomic E-state index is 5.72. The molecule has 1 aliphatic heterocycles. The highest BCUT2D eigenvalue weighted by atomic mass is 79.9. The number of rotatable bonds is 4. The summed E-state index contributed by atoms with van der Waals surface area (Å²) in [5.74, 6) is 2.19. The summed E-state index contributed by atoms with van der Waals surface area (Å²) in [4.78, 5) is 0. The fourth-order valence-electron chi connectivity index (χ4n) is 3.39. The van der Waals surface area contributed by atoms with Crippen molar-refractivity contribution in [2.24, 2.45) is 5.92 Å². The first-order chi connectivity index (χ1) is 10.1. The number of halogens is 1. The molecular weight excluding hydrogens is 330 g/mol. The predicted octanol–water partition coefficient (Wildman–Crippen LogP) is 4.48. The molecule has 1 fully saturated rings. The highest BCUT2D eigenvalue weighted by Gasteiger charge is 2.39. The van der Waals surface area contributed by atoms with E-state index in [1.54, 1.807) is 14.2 Å². The summed E-state index contributed by atoms with van der Waals surface area (Å²) in [6.45, 7) is 5.64. The lowest BCUT2D eigenvalue weighted by Crippen LogP contribution is -2.46. The van der Waals surface area contributed by atoms with Gasteiger partial charge < -0.3 is 14.8 Å². The quantitative estimate of drug-likeness (QED) is 0.863. The summed E-state index contributed by atoms with van der Waals surface area (Å²) in [7, 11) is 3.41. The van der Waals surface area contributed by atoms with Gasteiger partial charge in [0.25, 0.3) is 0 Å². The summed E-state index contributed by atoms with van der Waals surface area (Å²) in [5, 5.41) is 3.81. The topological polar surface area (TPSA) is 30.5 Å². The van der Waals surface area contributed by atoms with Crippen LogP contribution in [0.2, 0.25) is 0 Å². The Kier molecular flexibility index (Phi) is 5.55. The molecule has 1 aromatic rings. The minimum atomic E-state index is -0.0311. The minimum Gasteiger partial charge on any atom is -0.495 e. The van der Waals surface area contributed by atoms with Gasteiger partial charge in [-0.1, -0.05) is 26.7 Å². The largest absolute Gasteiger partial charge is 0.495 e. The Morgan fingerprint density at radius 1 is 1.14 bits per heavy atom. The van der Waals surface area contributed by atoms with Crippen molar-refractivity contribution in [1.82, 2.24) is 5.32 Å².